The molecule has 5 heteroatoms. The maximum absolute atomic E-state index is 12.6. The van der Waals surface area contributed by atoms with Crippen LogP contribution in [0.2, 0.25) is 0 Å². The Morgan fingerprint density at radius 1 is 1.21 bits per heavy atom. The zero-order chi connectivity index (χ0) is 16.7. The number of fused-ring (bicyclic) bond motifs is 1. The first kappa shape index (κ1) is 15.2. The average Bonchev–Trinajstić information content (AvgIpc) is 3.30. The second-order valence-corrected chi connectivity index (χ2v) is 7.11. The van der Waals surface area contributed by atoms with E-state index < -0.39 is 0 Å². The first-order valence-electron chi connectivity index (χ1n) is 8.61. The molecule has 1 aliphatic heterocycles. The predicted molar refractivity (Wildman–Crippen MR) is 91.9 cm³/mol. The molecule has 1 saturated carbocycles. The lowest BCUT2D eigenvalue weighted by Gasteiger charge is -2.23. The fourth-order valence-corrected chi connectivity index (χ4v) is 3.46. The zero-order valence-electron chi connectivity index (χ0n) is 14.3. The van der Waals surface area contributed by atoms with Gasteiger partial charge in [-0.25, -0.2) is 0 Å². The van der Waals surface area contributed by atoms with Crippen molar-refractivity contribution in [1.82, 2.24) is 15.1 Å². The van der Waals surface area contributed by atoms with Crippen LogP contribution in [0.25, 0.3) is 11.3 Å². The Balaban J connectivity index is 1.56. The van der Waals surface area contributed by atoms with Crippen LogP contribution in [-0.4, -0.2) is 41.2 Å². The summed E-state index contributed by atoms with van der Waals surface area (Å²) in [5, 5.41) is 7.71. The molecule has 126 valence electrons. The van der Waals surface area contributed by atoms with Gasteiger partial charge in [0.05, 0.1) is 12.8 Å². The number of aromatic amines is 1. The Morgan fingerprint density at radius 3 is 2.58 bits per heavy atom. The highest BCUT2D eigenvalue weighted by Gasteiger charge is 2.47. The van der Waals surface area contributed by atoms with Crippen molar-refractivity contribution in [2.24, 2.45) is 5.41 Å². The Bertz CT molecular complexity index is 759. The van der Waals surface area contributed by atoms with Crippen molar-refractivity contribution in [2.45, 2.75) is 32.6 Å². The third-order valence-corrected chi connectivity index (χ3v) is 5.38. The van der Waals surface area contributed by atoms with Crippen molar-refractivity contribution in [3.8, 4) is 17.0 Å². The molecule has 2 heterocycles. The largest absolute Gasteiger partial charge is 0.497 e. The van der Waals surface area contributed by atoms with Gasteiger partial charge in [-0.05, 0) is 43.5 Å². The number of H-pyrrole nitrogens is 1. The summed E-state index contributed by atoms with van der Waals surface area (Å²) in [5.74, 6) is 1.17. The molecule has 1 N–H and O–H groups in total. The minimum absolute atomic E-state index is 0.0882. The van der Waals surface area contributed by atoms with Crippen LogP contribution in [0.3, 0.4) is 0 Å². The summed E-state index contributed by atoms with van der Waals surface area (Å²) in [4.78, 5) is 14.7. The maximum Gasteiger partial charge on any atom is 0.228 e. The topological polar surface area (TPSA) is 58.2 Å². The summed E-state index contributed by atoms with van der Waals surface area (Å²) in [7, 11) is 1.67. The van der Waals surface area contributed by atoms with Gasteiger partial charge < -0.3 is 9.64 Å². The van der Waals surface area contributed by atoms with Crippen LogP contribution >= 0.6 is 0 Å². The quantitative estimate of drug-likeness (QED) is 0.944. The van der Waals surface area contributed by atoms with E-state index in [0.29, 0.717) is 5.91 Å². The molecule has 1 aromatic heterocycles. The molecule has 1 fully saturated rings. The van der Waals surface area contributed by atoms with Crippen molar-refractivity contribution in [3.63, 3.8) is 0 Å². The summed E-state index contributed by atoms with van der Waals surface area (Å²) < 4.78 is 5.22. The molecule has 2 aromatic rings. The number of carbonyl (C=O) groups is 1. The standard InChI is InChI=1S/C19H23N3O2/c1-19(9-10-19)18(23)22-11-7-15-16(8-12-22)20-21-17(15)13-3-5-14(24-2)6-4-13/h3-6H,7-12H2,1-2H3,(H,20,21). The summed E-state index contributed by atoms with van der Waals surface area (Å²) in [6.07, 6.45) is 3.77. The fraction of sp³-hybridized carbons (Fsp3) is 0.474. The van der Waals surface area contributed by atoms with Crippen LogP contribution in [0.1, 0.15) is 31.0 Å². The van der Waals surface area contributed by atoms with Crippen molar-refractivity contribution in [3.05, 3.63) is 35.5 Å². The molecule has 0 unspecified atom stereocenters. The van der Waals surface area contributed by atoms with Gasteiger partial charge in [0, 0.05) is 41.7 Å². The zero-order valence-corrected chi connectivity index (χ0v) is 14.3. The maximum atomic E-state index is 12.6. The first-order chi connectivity index (χ1) is 11.6. The Kier molecular flexibility index (Phi) is 3.59. The van der Waals surface area contributed by atoms with E-state index in [1.54, 1.807) is 7.11 Å². The van der Waals surface area contributed by atoms with E-state index in [0.717, 1.165) is 61.5 Å². The third kappa shape index (κ3) is 2.58. The van der Waals surface area contributed by atoms with Crippen molar-refractivity contribution in [2.75, 3.05) is 20.2 Å². The van der Waals surface area contributed by atoms with Gasteiger partial charge in [0.1, 0.15) is 5.75 Å². The molecular formula is C19H23N3O2. The van der Waals surface area contributed by atoms with Crippen molar-refractivity contribution >= 4 is 5.91 Å². The number of rotatable bonds is 3. The van der Waals surface area contributed by atoms with Gasteiger partial charge in [-0.2, -0.15) is 5.10 Å². The average molecular weight is 325 g/mol. The van der Waals surface area contributed by atoms with Gasteiger partial charge in [-0.15, -0.1) is 0 Å². The Labute approximate surface area is 142 Å². The summed E-state index contributed by atoms with van der Waals surface area (Å²) in [6, 6.07) is 7.98. The SMILES string of the molecule is COc1ccc(-c2n[nH]c3c2CCN(C(=O)C2(C)CC2)CC3)cc1. The van der Waals surface area contributed by atoms with E-state index in [1.165, 1.54) is 5.56 Å². The van der Waals surface area contributed by atoms with Crippen LogP contribution in [0, 0.1) is 5.41 Å². The van der Waals surface area contributed by atoms with Gasteiger partial charge in [-0.1, -0.05) is 6.92 Å². The van der Waals surface area contributed by atoms with Crippen molar-refractivity contribution < 1.29 is 9.53 Å². The van der Waals surface area contributed by atoms with Crippen LogP contribution in [0.5, 0.6) is 5.75 Å². The van der Waals surface area contributed by atoms with E-state index in [9.17, 15) is 4.79 Å². The molecule has 4 rings (SSSR count). The number of ether oxygens (including phenoxy) is 1. The van der Waals surface area contributed by atoms with Gasteiger partial charge in [0.25, 0.3) is 0 Å². The molecule has 5 nitrogen and oxygen atoms in total. The van der Waals surface area contributed by atoms with E-state index >= 15 is 0 Å². The minimum atomic E-state index is -0.0882. The highest BCUT2D eigenvalue weighted by Crippen LogP contribution is 2.46. The van der Waals surface area contributed by atoms with Gasteiger partial charge in [0.15, 0.2) is 0 Å². The molecule has 0 bridgehead atoms. The van der Waals surface area contributed by atoms with Crippen LogP contribution in [-0.2, 0) is 17.6 Å². The molecule has 0 spiro atoms. The van der Waals surface area contributed by atoms with Crippen molar-refractivity contribution in [1.29, 1.82) is 0 Å². The Hall–Kier alpha value is -2.30. The molecular weight excluding hydrogens is 302 g/mol. The summed E-state index contributed by atoms with van der Waals surface area (Å²) in [5.41, 5.74) is 4.41. The predicted octanol–water partition coefficient (Wildman–Crippen LogP) is 2.81. The highest BCUT2D eigenvalue weighted by molar-refractivity contribution is 5.85. The third-order valence-electron chi connectivity index (χ3n) is 5.38. The molecule has 2 aliphatic rings. The van der Waals surface area contributed by atoms with E-state index in [4.69, 9.17) is 4.74 Å². The van der Waals surface area contributed by atoms with E-state index in [1.807, 2.05) is 29.2 Å². The summed E-state index contributed by atoms with van der Waals surface area (Å²) in [6.45, 7) is 3.65. The molecule has 1 aliphatic carbocycles. The molecule has 0 atom stereocenters. The van der Waals surface area contributed by atoms with Crippen LogP contribution in [0.4, 0.5) is 0 Å². The van der Waals surface area contributed by atoms with Gasteiger partial charge >= 0.3 is 0 Å². The number of nitrogens with zero attached hydrogens (tertiary/aromatic N) is 2. The number of nitrogens with one attached hydrogen (secondary N) is 1. The van der Waals surface area contributed by atoms with Gasteiger partial charge in [0.2, 0.25) is 5.91 Å². The lowest BCUT2D eigenvalue weighted by molar-refractivity contribution is -0.136. The number of carbonyl (C=O) groups excluding carboxylic acids is 1. The number of methoxy groups -OCH3 is 1. The number of hydrogen-bond acceptors (Lipinski definition) is 3. The van der Waals surface area contributed by atoms with E-state index in [2.05, 4.69) is 17.1 Å². The monoisotopic (exact) mass is 325 g/mol. The molecule has 1 aromatic carbocycles. The second-order valence-electron chi connectivity index (χ2n) is 7.11. The normalized spacial score (nSPS) is 18.7. The lowest BCUT2D eigenvalue weighted by atomic mass is 10.0. The second kappa shape index (κ2) is 5.65. The molecule has 0 saturated heterocycles. The minimum Gasteiger partial charge on any atom is -0.497 e. The highest BCUT2D eigenvalue weighted by atomic mass is 16.5. The van der Waals surface area contributed by atoms with Crippen LogP contribution < -0.4 is 4.74 Å². The first-order valence-corrected chi connectivity index (χ1v) is 8.61. The fourth-order valence-electron chi connectivity index (χ4n) is 3.46. The number of hydrogen-bond donors (Lipinski definition) is 1. The molecule has 1 amide bonds. The molecule has 0 radical (unpaired) electrons. The number of amides is 1. The number of aromatic nitrogens is 2. The smallest absolute Gasteiger partial charge is 0.228 e. The van der Waals surface area contributed by atoms with E-state index in [-0.39, 0.29) is 5.41 Å². The Morgan fingerprint density at radius 2 is 1.92 bits per heavy atom. The number of benzene rings is 1. The van der Waals surface area contributed by atoms with Gasteiger partial charge in [-0.3, -0.25) is 9.89 Å². The molecule has 24 heavy (non-hydrogen) atoms. The van der Waals surface area contributed by atoms with Crippen LogP contribution in [0.15, 0.2) is 24.3 Å². The summed E-state index contributed by atoms with van der Waals surface area (Å²) >= 11 is 0. The lowest BCUT2D eigenvalue weighted by Crippen LogP contribution is -2.38.